The minimum Gasteiger partial charge on any atom is -0.373 e. The van der Waals surface area contributed by atoms with Gasteiger partial charge in [0.05, 0.1) is 19.3 Å². The van der Waals surface area contributed by atoms with E-state index in [-0.39, 0.29) is 18.8 Å². The predicted molar refractivity (Wildman–Crippen MR) is 49.7 cm³/mol. The average molecular weight is 217 g/mol. The van der Waals surface area contributed by atoms with Crippen molar-refractivity contribution in [1.29, 1.82) is 0 Å². The number of ether oxygens (including phenoxy) is 2. The maximum atomic E-state index is 10.2. The zero-order valence-electron chi connectivity index (χ0n) is 8.79. The van der Waals surface area contributed by atoms with Gasteiger partial charge >= 0.3 is 0 Å². The van der Waals surface area contributed by atoms with Crippen LogP contribution in [0.15, 0.2) is 0 Å². The smallest absolute Gasteiger partial charge is 0.294 e. The predicted octanol–water partition coefficient (Wildman–Crippen LogP) is 0.633. The van der Waals surface area contributed by atoms with E-state index in [0.717, 1.165) is 0 Å². The van der Waals surface area contributed by atoms with Gasteiger partial charge in [-0.05, 0) is 5.92 Å². The van der Waals surface area contributed by atoms with Gasteiger partial charge in [-0.25, -0.2) is 0 Å². The molecule has 6 heteroatoms. The summed E-state index contributed by atoms with van der Waals surface area (Å²) in [6.07, 6.45) is -0.883. The van der Waals surface area contributed by atoms with Crippen LogP contribution in [0.3, 0.4) is 0 Å². The molecule has 2 saturated heterocycles. The Morgan fingerprint density at radius 3 is 2.60 bits per heavy atom. The third-order valence-corrected chi connectivity index (χ3v) is 3.12. The third kappa shape index (κ3) is 1.91. The summed E-state index contributed by atoms with van der Waals surface area (Å²) in [6.45, 7) is 5.05. The number of rotatable bonds is 3. The van der Waals surface area contributed by atoms with Crippen molar-refractivity contribution < 1.29 is 19.4 Å². The lowest BCUT2D eigenvalue weighted by Gasteiger charge is -2.18. The monoisotopic (exact) mass is 217 g/mol. The summed E-state index contributed by atoms with van der Waals surface area (Å²) in [5.41, 5.74) is 0. The lowest BCUT2D eigenvalue weighted by molar-refractivity contribution is -0.769. The highest BCUT2D eigenvalue weighted by molar-refractivity contribution is 4.95. The van der Waals surface area contributed by atoms with Crippen LogP contribution in [-0.2, 0) is 14.3 Å². The van der Waals surface area contributed by atoms with Crippen molar-refractivity contribution in [2.45, 2.75) is 32.2 Å². The van der Waals surface area contributed by atoms with Crippen molar-refractivity contribution in [2.24, 2.45) is 11.8 Å². The molecule has 0 spiro atoms. The van der Waals surface area contributed by atoms with Gasteiger partial charge in [-0.3, -0.25) is 0 Å². The zero-order valence-corrected chi connectivity index (χ0v) is 8.79. The molecule has 0 aromatic rings. The van der Waals surface area contributed by atoms with Gasteiger partial charge in [-0.1, -0.05) is 13.8 Å². The first-order valence-corrected chi connectivity index (χ1v) is 5.14. The van der Waals surface area contributed by atoms with Gasteiger partial charge in [0, 0.05) is 5.92 Å². The third-order valence-electron chi connectivity index (χ3n) is 3.12. The topological polar surface area (TPSA) is 70.8 Å². The van der Waals surface area contributed by atoms with E-state index in [0.29, 0.717) is 18.4 Å². The summed E-state index contributed by atoms with van der Waals surface area (Å²) >= 11 is 0. The molecule has 6 nitrogen and oxygen atoms in total. The minimum atomic E-state index is -0.775. The first-order valence-electron chi connectivity index (χ1n) is 5.14. The molecule has 2 aliphatic heterocycles. The fourth-order valence-electron chi connectivity index (χ4n) is 2.27. The van der Waals surface area contributed by atoms with E-state index in [4.69, 9.17) is 9.47 Å². The fraction of sp³-hybridized carbons (Fsp3) is 1.00. The quantitative estimate of drug-likeness (QED) is 0.512. The lowest BCUT2D eigenvalue weighted by Crippen LogP contribution is -2.33. The largest absolute Gasteiger partial charge is 0.373 e. The molecule has 0 aromatic carbocycles. The summed E-state index contributed by atoms with van der Waals surface area (Å²) in [6, 6.07) is 0. The molecule has 0 radical (unpaired) electrons. The standard InChI is InChI=1S/C9H15NO5/c1-5(2)6-3-13-9-7(15-10(11)12)4-14-8(6)9/h5-9H,3-4H2,1-2H3/t6-,7+,8+,9+/m0/s1. The minimum absolute atomic E-state index is 0.0463. The second kappa shape index (κ2) is 3.94. The van der Waals surface area contributed by atoms with Gasteiger partial charge in [0.1, 0.15) is 6.10 Å². The molecule has 0 amide bonds. The molecule has 0 saturated carbocycles. The molecule has 2 fully saturated rings. The van der Waals surface area contributed by atoms with E-state index in [1.54, 1.807) is 0 Å². The number of hydrogen-bond donors (Lipinski definition) is 0. The number of hydrogen-bond acceptors (Lipinski definition) is 5. The van der Waals surface area contributed by atoms with E-state index in [1.165, 1.54) is 0 Å². The Morgan fingerprint density at radius 1 is 1.33 bits per heavy atom. The Bertz CT molecular complexity index is 257. The van der Waals surface area contributed by atoms with Gasteiger partial charge in [-0.2, -0.15) is 0 Å². The van der Waals surface area contributed by atoms with Crippen LogP contribution in [0.25, 0.3) is 0 Å². The van der Waals surface area contributed by atoms with Crippen molar-refractivity contribution in [3.8, 4) is 0 Å². The molecule has 2 heterocycles. The van der Waals surface area contributed by atoms with Gasteiger partial charge in [0.2, 0.25) is 0 Å². The van der Waals surface area contributed by atoms with E-state index in [9.17, 15) is 10.1 Å². The molecular formula is C9H15NO5. The van der Waals surface area contributed by atoms with E-state index in [1.807, 2.05) is 0 Å². The Hall–Kier alpha value is -0.880. The zero-order chi connectivity index (χ0) is 11.0. The molecule has 0 bridgehead atoms. The van der Waals surface area contributed by atoms with Crippen LogP contribution in [-0.4, -0.2) is 36.6 Å². The molecule has 15 heavy (non-hydrogen) atoms. The number of nitrogens with zero attached hydrogens (tertiary/aromatic N) is 1. The summed E-state index contributed by atoms with van der Waals surface area (Å²) in [5.74, 6) is 0.768. The Morgan fingerprint density at radius 2 is 2.00 bits per heavy atom. The van der Waals surface area contributed by atoms with Gasteiger partial charge < -0.3 is 14.3 Å². The van der Waals surface area contributed by atoms with Crippen LogP contribution in [0.5, 0.6) is 0 Å². The normalized spacial score (nSPS) is 39.4. The summed E-state index contributed by atoms with van der Waals surface area (Å²) < 4.78 is 11.0. The van der Waals surface area contributed by atoms with Crippen LogP contribution in [0.4, 0.5) is 0 Å². The van der Waals surface area contributed by atoms with Crippen molar-refractivity contribution in [1.82, 2.24) is 0 Å². The Kier molecular flexibility index (Phi) is 2.79. The second-order valence-electron chi connectivity index (χ2n) is 4.37. The van der Waals surface area contributed by atoms with E-state index in [2.05, 4.69) is 18.7 Å². The molecular weight excluding hydrogens is 202 g/mol. The summed E-state index contributed by atoms with van der Waals surface area (Å²) in [5, 5.41) is 9.46. The first kappa shape index (κ1) is 10.6. The van der Waals surface area contributed by atoms with Crippen LogP contribution < -0.4 is 0 Å². The summed E-state index contributed by atoms with van der Waals surface area (Å²) in [7, 11) is 0. The van der Waals surface area contributed by atoms with Crippen LogP contribution in [0.2, 0.25) is 0 Å². The van der Waals surface area contributed by atoms with E-state index >= 15 is 0 Å². The molecule has 0 N–H and O–H groups in total. The first-order chi connectivity index (χ1) is 7.09. The molecule has 86 valence electrons. The van der Waals surface area contributed by atoms with Crippen molar-refractivity contribution in [3.63, 3.8) is 0 Å². The molecule has 0 aliphatic carbocycles. The lowest BCUT2D eigenvalue weighted by atomic mass is 9.90. The van der Waals surface area contributed by atoms with Gasteiger partial charge in [-0.15, -0.1) is 10.1 Å². The highest BCUT2D eigenvalue weighted by Gasteiger charge is 2.49. The maximum Gasteiger partial charge on any atom is 0.294 e. The molecule has 0 aromatic heterocycles. The van der Waals surface area contributed by atoms with E-state index < -0.39 is 11.2 Å². The number of fused-ring (bicyclic) bond motifs is 1. The van der Waals surface area contributed by atoms with Crippen LogP contribution in [0, 0.1) is 22.0 Å². The highest BCUT2D eigenvalue weighted by atomic mass is 17.0. The van der Waals surface area contributed by atoms with Crippen molar-refractivity contribution in [3.05, 3.63) is 10.1 Å². The Balaban J connectivity index is 1.99. The maximum absolute atomic E-state index is 10.2. The SMILES string of the molecule is CC(C)[C@@H]1CO[C@H]2[C@@H]1OC[C@H]2O[N+](=O)[O-]. The Labute approximate surface area is 87.6 Å². The van der Waals surface area contributed by atoms with Gasteiger partial charge in [0.15, 0.2) is 6.10 Å². The molecule has 4 atom stereocenters. The van der Waals surface area contributed by atoms with Crippen LogP contribution in [0.1, 0.15) is 13.8 Å². The van der Waals surface area contributed by atoms with Gasteiger partial charge in [0.25, 0.3) is 5.09 Å². The second-order valence-corrected chi connectivity index (χ2v) is 4.37. The fourth-order valence-corrected chi connectivity index (χ4v) is 2.27. The molecule has 0 unspecified atom stereocenters. The average Bonchev–Trinajstić information content (AvgIpc) is 2.66. The molecule has 2 rings (SSSR count). The van der Waals surface area contributed by atoms with Crippen LogP contribution >= 0.6 is 0 Å². The highest BCUT2D eigenvalue weighted by Crippen LogP contribution is 2.36. The van der Waals surface area contributed by atoms with Crippen molar-refractivity contribution >= 4 is 0 Å². The molecule has 2 aliphatic rings. The van der Waals surface area contributed by atoms with Crippen molar-refractivity contribution in [2.75, 3.05) is 13.2 Å². The summed E-state index contributed by atoms with van der Waals surface area (Å²) in [4.78, 5) is 14.8.